The Morgan fingerprint density at radius 1 is 1.10 bits per heavy atom. The molecule has 0 fully saturated rings. The molecule has 1 aromatic heterocycles. The first-order valence-corrected chi connectivity index (χ1v) is 9.62. The second-order valence-corrected chi connectivity index (χ2v) is 6.56. The number of aryl methyl sites for hydroxylation is 1. The lowest BCUT2D eigenvalue weighted by molar-refractivity contribution is -0.117. The van der Waals surface area contributed by atoms with Crippen LogP contribution in [-0.4, -0.2) is 35.0 Å². The van der Waals surface area contributed by atoms with Crippen molar-refractivity contribution in [3.63, 3.8) is 0 Å². The topological polar surface area (TPSA) is 85.2 Å². The van der Waals surface area contributed by atoms with Gasteiger partial charge in [-0.15, -0.1) is 0 Å². The third-order valence-electron chi connectivity index (χ3n) is 4.39. The molecule has 7 nitrogen and oxygen atoms in total. The number of ether oxygens (including phenoxy) is 1. The lowest BCUT2D eigenvalue weighted by Crippen LogP contribution is -2.35. The Morgan fingerprint density at radius 3 is 2.53 bits per heavy atom. The largest absolute Gasteiger partial charge is 0.497 e. The molecule has 0 aliphatic rings. The fourth-order valence-electron chi connectivity index (χ4n) is 2.79. The Labute approximate surface area is 175 Å². The fourth-order valence-corrected chi connectivity index (χ4v) is 2.79. The molecule has 3 aromatic rings. The molecule has 0 radical (unpaired) electrons. The predicted octanol–water partition coefficient (Wildman–Crippen LogP) is 2.87. The minimum absolute atomic E-state index is 0.177. The number of aromatic nitrogens is 2. The summed E-state index contributed by atoms with van der Waals surface area (Å²) in [6.07, 6.45) is 7.71. The summed E-state index contributed by atoms with van der Waals surface area (Å²) in [5, 5.41) is 5.59. The highest BCUT2D eigenvalue weighted by molar-refractivity contribution is 6.05. The van der Waals surface area contributed by atoms with Gasteiger partial charge in [0.15, 0.2) is 0 Å². The van der Waals surface area contributed by atoms with Crippen molar-refractivity contribution >= 4 is 17.9 Å². The maximum Gasteiger partial charge on any atom is 0.267 e. The van der Waals surface area contributed by atoms with E-state index < -0.39 is 0 Å². The van der Waals surface area contributed by atoms with E-state index in [4.69, 9.17) is 4.74 Å². The first kappa shape index (κ1) is 20.9. The summed E-state index contributed by atoms with van der Waals surface area (Å²) in [6.45, 7) is 1.21. The molecular formula is C23H24N4O3. The number of nitrogens with zero attached hydrogens (tertiary/aromatic N) is 2. The summed E-state index contributed by atoms with van der Waals surface area (Å²) in [4.78, 5) is 29.3. The minimum Gasteiger partial charge on any atom is -0.497 e. The van der Waals surface area contributed by atoms with Crippen molar-refractivity contribution in [3.05, 3.63) is 90.1 Å². The predicted molar refractivity (Wildman–Crippen MR) is 115 cm³/mol. The van der Waals surface area contributed by atoms with Crippen LogP contribution in [0.4, 0.5) is 0 Å². The molecule has 0 saturated carbocycles. The van der Waals surface area contributed by atoms with Gasteiger partial charge in [0.1, 0.15) is 11.4 Å². The fraction of sp³-hybridized carbons (Fsp3) is 0.174. The Bertz CT molecular complexity index is 981. The van der Waals surface area contributed by atoms with E-state index in [9.17, 15) is 9.59 Å². The summed E-state index contributed by atoms with van der Waals surface area (Å²) >= 11 is 0. The molecular weight excluding hydrogens is 380 g/mol. The first-order chi connectivity index (χ1) is 14.7. The van der Waals surface area contributed by atoms with Gasteiger partial charge in [0.05, 0.1) is 13.4 Å². The molecule has 0 aliphatic heterocycles. The van der Waals surface area contributed by atoms with E-state index in [0.29, 0.717) is 17.9 Å². The zero-order chi connectivity index (χ0) is 21.2. The van der Waals surface area contributed by atoms with E-state index in [1.54, 1.807) is 62.1 Å². The monoisotopic (exact) mass is 404 g/mol. The van der Waals surface area contributed by atoms with Crippen LogP contribution in [0.15, 0.2) is 79.0 Å². The molecule has 3 rings (SSSR count). The molecule has 2 N–H and O–H groups in total. The lowest BCUT2D eigenvalue weighted by Gasteiger charge is -2.12. The second kappa shape index (κ2) is 10.6. The zero-order valence-corrected chi connectivity index (χ0v) is 16.7. The van der Waals surface area contributed by atoms with E-state index >= 15 is 0 Å². The SMILES string of the molecule is COc1ccc(C=C(NC(=O)c2ccccc2)C(=O)NCCCn2ccnc2)cc1. The highest BCUT2D eigenvalue weighted by atomic mass is 16.5. The van der Waals surface area contributed by atoms with Gasteiger partial charge in [-0.1, -0.05) is 30.3 Å². The van der Waals surface area contributed by atoms with Crippen molar-refractivity contribution in [3.8, 4) is 5.75 Å². The van der Waals surface area contributed by atoms with Crippen molar-refractivity contribution in [1.82, 2.24) is 20.2 Å². The number of hydrogen-bond donors (Lipinski definition) is 2. The molecule has 1 heterocycles. The van der Waals surface area contributed by atoms with Crippen LogP contribution >= 0.6 is 0 Å². The molecule has 0 atom stereocenters. The van der Waals surface area contributed by atoms with E-state index in [-0.39, 0.29) is 17.5 Å². The van der Waals surface area contributed by atoms with Crippen molar-refractivity contribution in [1.29, 1.82) is 0 Å². The number of nitrogens with one attached hydrogen (secondary N) is 2. The van der Waals surface area contributed by atoms with E-state index in [0.717, 1.165) is 18.5 Å². The number of methoxy groups -OCH3 is 1. The number of rotatable bonds is 9. The number of benzene rings is 2. The number of carbonyl (C=O) groups excluding carboxylic acids is 2. The van der Waals surface area contributed by atoms with E-state index in [1.807, 2.05) is 29.0 Å². The average molecular weight is 404 g/mol. The van der Waals surface area contributed by atoms with Crippen molar-refractivity contribution in [2.24, 2.45) is 0 Å². The quantitative estimate of drug-likeness (QED) is 0.424. The van der Waals surface area contributed by atoms with Gasteiger partial charge in [-0.05, 0) is 42.3 Å². The average Bonchev–Trinajstić information content (AvgIpc) is 3.31. The maximum absolute atomic E-state index is 12.8. The Kier molecular flexibility index (Phi) is 7.38. The van der Waals surface area contributed by atoms with Gasteiger partial charge >= 0.3 is 0 Å². The summed E-state index contributed by atoms with van der Waals surface area (Å²) in [5.41, 5.74) is 1.43. The van der Waals surface area contributed by atoms with Gasteiger partial charge in [0.25, 0.3) is 11.8 Å². The molecule has 0 spiro atoms. The molecule has 2 amide bonds. The summed E-state index contributed by atoms with van der Waals surface area (Å²) in [5.74, 6) is 0.0237. The second-order valence-electron chi connectivity index (χ2n) is 6.56. The molecule has 0 unspecified atom stereocenters. The van der Waals surface area contributed by atoms with Crippen molar-refractivity contribution in [2.45, 2.75) is 13.0 Å². The van der Waals surface area contributed by atoms with E-state index in [1.165, 1.54) is 0 Å². The molecule has 0 saturated heterocycles. The highest BCUT2D eigenvalue weighted by Crippen LogP contribution is 2.14. The van der Waals surface area contributed by atoms with E-state index in [2.05, 4.69) is 15.6 Å². The number of carbonyl (C=O) groups is 2. The van der Waals surface area contributed by atoms with Gasteiger partial charge in [0, 0.05) is 31.0 Å². The van der Waals surface area contributed by atoms with Crippen LogP contribution < -0.4 is 15.4 Å². The standard InChI is InChI=1S/C23H24N4O3/c1-30-20-10-8-18(9-11-20)16-21(26-22(28)19-6-3-2-4-7-19)23(29)25-12-5-14-27-15-13-24-17-27/h2-4,6-11,13,15-17H,5,12,14H2,1H3,(H,25,29)(H,26,28). The number of hydrogen-bond acceptors (Lipinski definition) is 4. The van der Waals surface area contributed by atoms with Gasteiger partial charge in [-0.25, -0.2) is 4.98 Å². The Morgan fingerprint density at radius 2 is 1.87 bits per heavy atom. The molecule has 154 valence electrons. The molecule has 0 bridgehead atoms. The van der Waals surface area contributed by atoms with Crippen molar-refractivity contribution in [2.75, 3.05) is 13.7 Å². The lowest BCUT2D eigenvalue weighted by atomic mass is 10.1. The summed E-state index contributed by atoms with van der Waals surface area (Å²) in [7, 11) is 1.59. The van der Waals surface area contributed by atoms with Crippen molar-refractivity contribution < 1.29 is 14.3 Å². The molecule has 0 aliphatic carbocycles. The van der Waals surface area contributed by atoms with Crippen LogP contribution in [0.1, 0.15) is 22.3 Å². The maximum atomic E-state index is 12.8. The highest BCUT2D eigenvalue weighted by Gasteiger charge is 2.14. The molecule has 7 heteroatoms. The van der Waals surface area contributed by atoms with Crippen LogP contribution in [0.2, 0.25) is 0 Å². The zero-order valence-electron chi connectivity index (χ0n) is 16.7. The van der Waals surface area contributed by atoms with Crippen LogP contribution in [-0.2, 0) is 11.3 Å². The van der Waals surface area contributed by atoms with Gasteiger partial charge in [0.2, 0.25) is 0 Å². The smallest absolute Gasteiger partial charge is 0.267 e. The number of imidazole rings is 1. The van der Waals surface area contributed by atoms with Crippen LogP contribution in [0.3, 0.4) is 0 Å². The summed E-state index contributed by atoms with van der Waals surface area (Å²) < 4.78 is 7.11. The van der Waals surface area contributed by atoms with Gasteiger partial charge in [-0.2, -0.15) is 0 Å². The Balaban J connectivity index is 1.69. The normalized spacial score (nSPS) is 11.0. The number of amides is 2. The Hall–Kier alpha value is -3.87. The molecule has 2 aromatic carbocycles. The summed E-state index contributed by atoms with van der Waals surface area (Å²) in [6, 6.07) is 16.0. The van der Waals surface area contributed by atoms with Crippen LogP contribution in [0.25, 0.3) is 6.08 Å². The third kappa shape index (κ3) is 6.07. The third-order valence-corrected chi connectivity index (χ3v) is 4.39. The van der Waals surface area contributed by atoms with Crippen LogP contribution in [0.5, 0.6) is 5.75 Å². The minimum atomic E-state index is -0.347. The first-order valence-electron chi connectivity index (χ1n) is 9.62. The van der Waals surface area contributed by atoms with Gasteiger partial charge in [-0.3, -0.25) is 9.59 Å². The van der Waals surface area contributed by atoms with Gasteiger partial charge < -0.3 is 19.9 Å². The molecule has 30 heavy (non-hydrogen) atoms. The van der Waals surface area contributed by atoms with Crippen LogP contribution in [0, 0.1) is 0 Å².